The van der Waals surface area contributed by atoms with Gasteiger partial charge in [-0.15, -0.1) is 0 Å². The van der Waals surface area contributed by atoms with Gasteiger partial charge in [0.25, 0.3) is 0 Å². The van der Waals surface area contributed by atoms with Gasteiger partial charge in [-0.05, 0) is 34.9 Å². The second kappa shape index (κ2) is 6.91. The van der Waals surface area contributed by atoms with E-state index in [1.54, 1.807) is 6.92 Å². The van der Waals surface area contributed by atoms with Crippen molar-refractivity contribution in [2.24, 2.45) is 5.73 Å². The van der Waals surface area contributed by atoms with E-state index < -0.39 is 6.04 Å². The van der Waals surface area contributed by atoms with Gasteiger partial charge in [-0.3, -0.25) is 4.79 Å². The molecule has 0 spiro atoms. The number of ether oxygens (including phenoxy) is 1. The summed E-state index contributed by atoms with van der Waals surface area (Å²) in [6.45, 7) is 14.6. The van der Waals surface area contributed by atoms with Gasteiger partial charge >= 0.3 is 5.97 Å². The Kier molecular flexibility index (Phi) is 5.86. The highest BCUT2D eigenvalue weighted by Crippen LogP contribution is 2.40. The van der Waals surface area contributed by atoms with E-state index in [0.29, 0.717) is 12.2 Å². The first-order valence-electron chi connectivity index (χ1n) is 8.17. The highest BCUT2D eigenvalue weighted by molar-refractivity contribution is 5.70. The number of nitrogens with two attached hydrogens (primary N) is 1. The van der Waals surface area contributed by atoms with Gasteiger partial charge in [0.15, 0.2) is 0 Å². The Balaban J connectivity index is 3.38. The van der Waals surface area contributed by atoms with Crippen LogP contribution in [0.4, 0.5) is 0 Å². The van der Waals surface area contributed by atoms with Gasteiger partial charge < -0.3 is 15.6 Å². The molecule has 0 amide bonds. The second-order valence-electron chi connectivity index (χ2n) is 8.08. The quantitative estimate of drug-likeness (QED) is 0.824. The monoisotopic (exact) mass is 321 g/mol. The Morgan fingerprint density at radius 2 is 1.74 bits per heavy atom. The summed E-state index contributed by atoms with van der Waals surface area (Å²) in [4.78, 5) is 11.7. The van der Waals surface area contributed by atoms with E-state index in [1.165, 1.54) is 0 Å². The average molecular weight is 321 g/mol. The minimum absolute atomic E-state index is 0.0541. The van der Waals surface area contributed by atoms with Crippen molar-refractivity contribution in [3.63, 3.8) is 0 Å². The molecule has 0 radical (unpaired) electrons. The van der Waals surface area contributed by atoms with Crippen LogP contribution < -0.4 is 5.73 Å². The summed E-state index contributed by atoms with van der Waals surface area (Å²) in [5.74, 6) is -0.167. The smallest absolute Gasteiger partial charge is 0.307 e. The third kappa shape index (κ3) is 4.96. The van der Waals surface area contributed by atoms with Crippen LogP contribution in [-0.4, -0.2) is 17.7 Å². The fraction of sp³-hybridized carbons (Fsp3) is 0.632. The van der Waals surface area contributed by atoms with Gasteiger partial charge in [-0.25, -0.2) is 0 Å². The molecule has 0 saturated heterocycles. The summed E-state index contributed by atoms with van der Waals surface area (Å²) < 4.78 is 4.97. The second-order valence-corrected chi connectivity index (χ2v) is 8.08. The van der Waals surface area contributed by atoms with E-state index in [9.17, 15) is 9.90 Å². The first kappa shape index (κ1) is 19.5. The molecule has 1 rings (SSSR count). The number of esters is 1. The number of carbonyl (C=O) groups excluding carboxylic acids is 1. The topological polar surface area (TPSA) is 72.5 Å². The van der Waals surface area contributed by atoms with E-state index in [0.717, 1.165) is 11.1 Å². The molecule has 0 aliphatic rings. The highest BCUT2D eigenvalue weighted by atomic mass is 16.5. The zero-order valence-electron chi connectivity index (χ0n) is 15.5. The SMILES string of the molecule is CCOC(=O)C[C@@H](N)c1cc(C(C)(C)C)cc(C(C)(C)C)c1O. The lowest BCUT2D eigenvalue weighted by molar-refractivity contribution is -0.143. The van der Waals surface area contributed by atoms with Crippen LogP contribution in [0.2, 0.25) is 0 Å². The molecule has 1 aromatic carbocycles. The molecule has 4 heteroatoms. The molecule has 1 atom stereocenters. The Hall–Kier alpha value is -1.55. The van der Waals surface area contributed by atoms with Crippen molar-refractivity contribution >= 4 is 5.97 Å². The fourth-order valence-electron chi connectivity index (χ4n) is 2.45. The lowest BCUT2D eigenvalue weighted by Gasteiger charge is -2.28. The Bertz CT molecular complexity index is 565. The molecule has 4 nitrogen and oxygen atoms in total. The molecule has 0 aromatic heterocycles. The zero-order chi connectivity index (χ0) is 18.0. The Morgan fingerprint density at radius 1 is 1.17 bits per heavy atom. The zero-order valence-corrected chi connectivity index (χ0v) is 15.5. The van der Waals surface area contributed by atoms with Gasteiger partial charge in [0, 0.05) is 11.6 Å². The van der Waals surface area contributed by atoms with Crippen molar-refractivity contribution < 1.29 is 14.6 Å². The average Bonchev–Trinajstić information content (AvgIpc) is 2.35. The molecule has 0 bridgehead atoms. The van der Waals surface area contributed by atoms with Gasteiger partial charge in [0.05, 0.1) is 13.0 Å². The van der Waals surface area contributed by atoms with Crippen molar-refractivity contribution in [2.45, 2.75) is 71.8 Å². The van der Waals surface area contributed by atoms with E-state index in [1.807, 2.05) is 12.1 Å². The molecule has 0 saturated carbocycles. The summed E-state index contributed by atoms with van der Waals surface area (Å²) in [5.41, 5.74) is 8.44. The predicted molar refractivity (Wildman–Crippen MR) is 93.7 cm³/mol. The molecule has 0 unspecified atom stereocenters. The minimum Gasteiger partial charge on any atom is -0.507 e. The van der Waals surface area contributed by atoms with Crippen molar-refractivity contribution in [2.75, 3.05) is 6.61 Å². The maximum Gasteiger partial charge on any atom is 0.307 e. The van der Waals surface area contributed by atoms with Crippen LogP contribution in [0.25, 0.3) is 0 Å². The van der Waals surface area contributed by atoms with Crippen LogP contribution >= 0.6 is 0 Å². The number of hydrogen-bond donors (Lipinski definition) is 2. The van der Waals surface area contributed by atoms with Crippen LogP contribution in [-0.2, 0) is 20.4 Å². The number of hydrogen-bond acceptors (Lipinski definition) is 4. The van der Waals surface area contributed by atoms with Gasteiger partial charge in [-0.2, -0.15) is 0 Å². The standard InChI is InChI=1S/C19H31NO3/c1-8-23-16(21)11-15(20)13-9-12(18(2,3)4)10-14(17(13)22)19(5,6)7/h9-10,15,22H,8,11,20H2,1-7H3/t15-/m1/s1. The number of phenols is 1. The lowest BCUT2D eigenvalue weighted by Crippen LogP contribution is -2.22. The van der Waals surface area contributed by atoms with E-state index >= 15 is 0 Å². The van der Waals surface area contributed by atoms with E-state index in [4.69, 9.17) is 10.5 Å². The highest BCUT2D eigenvalue weighted by Gasteiger charge is 2.27. The third-order valence-corrected chi connectivity index (χ3v) is 3.90. The van der Waals surface area contributed by atoms with Crippen molar-refractivity contribution in [1.82, 2.24) is 0 Å². The third-order valence-electron chi connectivity index (χ3n) is 3.90. The first-order valence-corrected chi connectivity index (χ1v) is 8.17. The molecule has 130 valence electrons. The van der Waals surface area contributed by atoms with Crippen LogP contribution in [0.5, 0.6) is 5.75 Å². The number of aromatic hydroxyl groups is 1. The Morgan fingerprint density at radius 3 is 2.17 bits per heavy atom. The number of rotatable bonds is 4. The van der Waals surface area contributed by atoms with Gasteiger partial charge in [0.1, 0.15) is 5.75 Å². The van der Waals surface area contributed by atoms with Crippen LogP contribution in [0.1, 0.15) is 77.6 Å². The molecule has 0 fully saturated rings. The summed E-state index contributed by atoms with van der Waals surface area (Å²) in [5, 5.41) is 10.7. The van der Waals surface area contributed by atoms with Gasteiger partial charge in [0.2, 0.25) is 0 Å². The Labute approximate surface area is 140 Å². The van der Waals surface area contributed by atoms with E-state index in [2.05, 4.69) is 41.5 Å². The lowest BCUT2D eigenvalue weighted by atomic mass is 9.78. The summed E-state index contributed by atoms with van der Waals surface area (Å²) in [6.07, 6.45) is 0.0541. The van der Waals surface area contributed by atoms with Gasteiger partial charge in [-0.1, -0.05) is 47.6 Å². The number of carbonyl (C=O) groups is 1. The molecule has 0 aliphatic heterocycles. The van der Waals surface area contributed by atoms with Crippen molar-refractivity contribution in [3.8, 4) is 5.75 Å². The fourth-order valence-corrected chi connectivity index (χ4v) is 2.45. The maximum absolute atomic E-state index is 11.7. The minimum atomic E-state index is -0.586. The molecule has 0 aliphatic carbocycles. The predicted octanol–water partition coefficient (Wildman–Crippen LogP) is 3.94. The number of benzene rings is 1. The van der Waals surface area contributed by atoms with Crippen molar-refractivity contribution in [3.05, 3.63) is 28.8 Å². The molecule has 23 heavy (non-hydrogen) atoms. The van der Waals surface area contributed by atoms with E-state index in [-0.39, 0.29) is 29.0 Å². The normalized spacial score (nSPS) is 13.7. The summed E-state index contributed by atoms with van der Waals surface area (Å²) in [6, 6.07) is 3.36. The largest absolute Gasteiger partial charge is 0.507 e. The van der Waals surface area contributed by atoms with Crippen LogP contribution in [0.15, 0.2) is 12.1 Å². The van der Waals surface area contributed by atoms with Crippen LogP contribution in [0.3, 0.4) is 0 Å². The van der Waals surface area contributed by atoms with Crippen molar-refractivity contribution in [1.29, 1.82) is 0 Å². The molecular weight excluding hydrogens is 290 g/mol. The molecular formula is C19H31NO3. The molecule has 0 heterocycles. The van der Waals surface area contributed by atoms with Crippen LogP contribution in [0, 0.1) is 0 Å². The molecule has 1 aromatic rings. The number of phenolic OH excluding ortho intramolecular Hbond substituents is 1. The summed E-state index contributed by atoms with van der Waals surface area (Å²) in [7, 11) is 0. The molecule has 3 N–H and O–H groups in total. The maximum atomic E-state index is 11.7. The first-order chi connectivity index (χ1) is 10.4. The summed E-state index contributed by atoms with van der Waals surface area (Å²) >= 11 is 0.